The number of phenolic OH excluding ortho intramolecular Hbond substituents is 2. The predicted octanol–water partition coefficient (Wildman–Crippen LogP) is 5.63. The van der Waals surface area contributed by atoms with Crippen LogP contribution in [0.15, 0.2) is 68.9 Å². The van der Waals surface area contributed by atoms with Crippen LogP contribution in [0.25, 0.3) is 21.7 Å². The van der Waals surface area contributed by atoms with E-state index in [2.05, 4.69) is 17.5 Å². The topological polar surface area (TPSA) is 112 Å². The monoisotopic (exact) mass is 472 g/mol. The summed E-state index contributed by atoms with van der Waals surface area (Å²) >= 11 is 0. The van der Waals surface area contributed by atoms with Crippen LogP contribution in [0.4, 0.5) is 0 Å². The number of carbonyl (C=O) groups is 1. The van der Waals surface area contributed by atoms with Crippen molar-refractivity contribution < 1.29 is 19.4 Å². The maximum atomic E-state index is 12.7. The molecule has 0 unspecified atom stereocenters. The Morgan fingerprint density at radius 2 is 1.63 bits per heavy atom. The first-order valence-corrected chi connectivity index (χ1v) is 11.7. The lowest BCUT2D eigenvalue weighted by atomic mass is 10.0. The summed E-state index contributed by atoms with van der Waals surface area (Å²) in [4.78, 5) is 25.2. The van der Waals surface area contributed by atoms with Crippen molar-refractivity contribution in [3.63, 3.8) is 0 Å². The maximum absolute atomic E-state index is 12.7. The van der Waals surface area contributed by atoms with Crippen molar-refractivity contribution in [1.82, 2.24) is 5.43 Å². The minimum absolute atomic E-state index is 0.0778. The molecule has 0 spiro atoms. The molecule has 0 aliphatic carbocycles. The van der Waals surface area contributed by atoms with E-state index < -0.39 is 11.5 Å². The van der Waals surface area contributed by atoms with Gasteiger partial charge >= 0.3 is 5.63 Å². The summed E-state index contributed by atoms with van der Waals surface area (Å²) in [6, 6.07) is 15.4. The Labute approximate surface area is 202 Å². The number of unbranched alkanes of at least 4 members (excludes halogenated alkanes) is 3. The van der Waals surface area contributed by atoms with Crippen LogP contribution in [0.5, 0.6) is 11.5 Å². The summed E-state index contributed by atoms with van der Waals surface area (Å²) in [6.07, 6.45) is 5.06. The number of phenols is 2. The van der Waals surface area contributed by atoms with E-state index in [-0.39, 0.29) is 33.9 Å². The number of nitrogens with one attached hydrogen (secondary N) is 1. The summed E-state index contributed by atoms with van der Waals surface area (Å²) in [5.41, 5.74) is 3.39. The lowest BCUT2D eigenvalue weighted by Gasteiger charge is -2.08. The molecule has 0 fully saturated rings. The van der Waals surface area contributed by atoms with Gasteiger partial charge in [-0.05, 0) is 60.4 Å². The molecule has 0 atom stereocenters. The molecule has 3 N–H and O–H groups in total. The highest BCUT2D eigenvalue weighted by molar-refractivity contribution is 6.04. The molecule has 0 bridgehead atoms. The number of carbonyl (C=O) groups excluding carboxylic acids is 1. The van der Waals surface area contributed by atoms with Gasteiger partial charge in [0.05, 0.1) is 16.8 Å². The molecule has 7 heteroatoms. The zero-order valence-corrected chi connectivity index (χ0v) is 19.8. The Morgan fingerprint density at radius 3 is 2.37 bits per heavy atom. The van der Waals surface area contributed by atoms with Gasteiger partial charge in [-0.25, -0.2) is 10.2 Å². The molecule has 0 radical (unpaired) electrons. The SMILES string of the molecule is CCCCCCc1cc2cc(/C(C)=N\NC(=O)c3cc4ccccc4cc3O)c(=O)oc2cc1O. The number of aryl methyl sites for hydroxylation is 1. The number of aromatic hydroxyl groups is 2. The van der Waals surface area contributed by atoms with Crippen molar-refractivity contribution in [2.45, 2.75) is 46.0 Å². The third kappa shape index (κ3) is 5.35. The highest BCUT2D eigenvalue weighted by Gasteiger charge is 2.15. The summed E-state index contributed by atoms with van der Waals surface area (Å²) < 4.78 is 5.40. The van der Waals surface area contributed by atoms with Gasteiger partial charge in [0.1, 0.15) is 17.1 Å². The first kappa shape index (κ1) is 24.0. The van der Waals surface area contributed by atoms with E-state index in [0.717, 1.165) is 48.4 Å². The molecule has 1 amide bonds. The molecule has 35 heavy (non-hydrogen) atoms. The summed E-state index contributed by atoms with van der Waals surface area (Å²) in [6.45, 7) is 3.73. The van der Waals surface area contributed by atoms with E-state index in [1.54, 1.807) is 19.1 Å². The van der Waals surface area contributed by atoms with Gasteiger partial charge in [0.15, 0.2) is 0 Å². The van der Waals surface area contributed by atoms with Crippen molar-refractivity contribution >= 4 is 33.4 Å². The van der Waals surface area contributed by atoms with Crippen LogP contribution < -0.4 is 11.1 Å². The maximum Gasteiger partial charge on any atom is 0.345 e. The van der Waals surface area contributed by atoms with Crippen molar-refractivity contribution in [3.05, 3.63) is 81.7 Å². The minimum Gasteiger partial charge on any atom is -0.508 e. The number of hydrogen-bond donors (Lipinski definition) is 3. The van der Waals surface area contributed by atoms with Gasteiger partial charge < -0.3 is 14.6 Å². The van der Waals surface area contributed by atoms with Gasteiger partial charge in [-0.15, -0.1) is 0 Å². The van der Waals surface area contributed by atoms with Crippen LogP contribution in [-0.2, 0) is 6.42 Å². The van der Waals surface area contributed by atoms with E-state index in [0.29, 0.717) is 5.39 Å². The molecule has 7 nitrogen and oxygen atoms in total. The number of amides is 1. The Morgan fingerprint density at radius 1 is 0.914 bits per heavy atom. The number of hydrogen-bond acceptors (Lipinski definition) is 6. The Balaban J connectivity index is 1.58. The van der Waals surface area contributed by atoms with Crippen molar-refractivity contribution in [1.29, 1.82) is 0 Å². The lowest BCUT2D eigenvalue weighted by molar-refractivity contribution is 0.0952. The highest BCUT2D eigenvalue weighted by atomic mass is 16.4. The molecule has 3 aromatic carbocycles. The molecular formula is C28H28N2O5. The predicted molar refractivity (Wildman–Crippen MR) is 137 cm³/mol. The molecule has 0 saturated carbocycles. The number of benzene rings is 3. The van der Waals surface area contributed by atoms with Crippen LogP contribution in [0.2, 0.25) is 0 Å². The summed E-state index contributed by atoms with van der Waals surface area (Å²) in [7, 11) is 0. The fourth-order valence-electron chi connectivity index (χ4n) is 4.06. The number of nitrogens with zero attached hydrogens (tertiary/aromatic N) is 1. The first-order valence-electron chi connectivity index (χ1n) is 11.7. The molecule has 0 aliphatic rings. The Kier molecular flexibility index (Phi) is 7.15. The molecule has 1 aromatic heterocycles. The van der Waals surface area contributed by atoms with Crippen LogP contribution in [0, 0.1) is 0 Å². The van der Waals surface area contributed by atoms with Gasteiger partial charge in [-0.1, -0.05) is 50.5 Å². The van der Waals surface area contributed by atoms with Gasteiger partial charge in [-0.2, -0.15) is 5.10 Å². The van der Waals surface area contributed by atoms with Gasteiger partial charge in [0.25, 0.3) is 5.91 Å². The second-order valence-corrected chi connectivity index (χ2v) is 8.63. The second kappa shape index (κ2) is 10.4. The largest absolute Gasteiger partial charge is 0.508 e. The third-order valence-electron chi connectivity index (χ3n) is 6.06. The van der Waals surface area contributed by atoms with Crippen LogP contribution in [0.3, 0.4) is 0 Å². The molecule has 1 heterocycles. The summed E-state index contributed by atoms with van der Waals surface area (Å²) in [5, 5.41) is 26.9. The molecular weight excluding hydrogens is 444 g/mol. The van der Waals surface area contributed by atoms with Crippen LogP contribution in [0.1, 0.15) is 61.0 Å². The van der Waals surface area contributed by atoms with Crippen molar-refractivity contribution in [3.8, 4) is 11.5 Å². The minimum atomic E-state index is -0.628. The molecule has 0 saturated heterocycles. The number of rotatable bonds is 8. The van der Waals surface area contributed by atoms with Gasteiger partial charge in [-0.3, -0.25) is 4.79 Å². The highest BCUT2D eigenvalue weighted by Crippen LogP contribution is 2.27. The zero-order valence-electron chi connectivity index (χ0n) is 19.8. The van der Waals surface area contributed by atoms with Crippen molar-refractivity contribution in [2.75, 3.05) is 0 Å². The zero-order chi connectivity index (χ0) is 24.9. The Hall–Kier alpha value is -4.13. The molecule has 4 aromatic rings. The van der Waals surface area contributed by atoms with E-state index in [9.17, 15) is 19.8 Å². The molecule has 4 rings (SSSR count). The van der Waals surface area contributed by atoms with Gasteiger partial charge in [0.2, 0.25) is 0 Å². The van der Waals surface area contributed by atoms with Crippen LogP contribution in [-0.4, -0.2) is 21.8 Å². The number of fused-ring (bicyclic) bond motifs is 2. The average Bonchev–Trinajstić information content (AvgIpc) is 2.84. The van der Waals surface area contributed by atoms with E-state index >= 15 is 0 Å². The van der Waals surface area contributed by atoms with Crippen LogP contribution >= 0.6 is 0 Å². The van der Waals surface area contributed by atoms with Crippen molar-refractivity contribution in [2.24, 2.45) is 5.10 Å². The Bertz CT molecular complexity index is 1490. The fourth-order valence-corrected chi connectivity index (χ4v) is 4.06. The van der Waals surface area contributed by atoms with E-state index in [1.807, 2.05) is 30.3 Å². The summed E-state index contributed by atoms with van der Waals surface area (Å²) in [5.74, 6) is -0.652. The normalized spacial score (nSPS) is 11.8. The first-order chi connectivity index (χ1) is 16.9. The second-order valence-electron chi connectivity index (χ2n) is 8.63. The number of hydrazone groups is 1. The molecule has 0 aliphatic heterocycles. The third-order valence-corrected chi connectivity index (χ3v) is 6.06. The lowest BCUT2D eigenvalue weighted by Crippen LogP contribution is -2.21. The molecule has 180 valence electrons. The van der Waals surface area contributed by atoms with Gasteiger partial charge in [0, 0.05) is 11.5 Å². The average molecular weight is 473 g/mol. The quantitative estimate of drug-likeness (QED) is 0.133. The smallest absolute Gasteiger partial charge is 0.345 e. The van der Waals surface area contributed by atoms with E-state index in [1.165, 1.54) is 12.1 Å². The standard InChI is InChI=1S/C28H28N2O5/c1-3-4-5-6-11-20-12-21-14-22(28(34)35-26(21)16-24(20)31)17(2)29-30-27(33)23-13-18-9-7-8-10-19(18)15-25(23)32/h7-10,12-16,31-32H,3-6,11H2,1-2H3,(H,30,33)/b29-17-. The fraction of sp³-hybridized carbons (Fsp3) is 0.250. The van der Waals surface area contributed by atoms with E-state index in [4.69, 9.17) is 4.42 Å².